The molecule has 0 aliphatic carbocycles. The van der Waals surface area contributed by atoms with Crippen LogP contribution >= 0.6 is 11.6 Å². The lowest BCUT2D eigenvalue weighted by Crippen LogP contribution is -2.40. The first-order valence-corrected chi connectivity index (χ1v) is 10.9. The van der Waals surface area contributed by atoms with Gasteiger partial charge in [0.05, 0.1) is 17.8 Å². The van der Waals surface area contributed by atoms with Gasteiger partial charge in [0.2, 0.25) is 5.91 Å². The van der Waals surface area contributed by atoms with Gasteiger partial charge in [-0.05, 0) is 42.8 Å². The molecule has 1 heterocycles. The number of rotatable bonds is 6. The number of pyridine rings is 1. The van der Waals surface area contributed by atoms with E-state index in [4.69, 9.17) is 16.3 Å². The number of carbonyl (C=O) groups excluding carboxylic acids is 1. The molecule has 1 aromatic heterocycles. The van der Waals surface area contributed by atoms with Gasteiger partial charge < -0.3 is 4.74 Å². The van der Waals surface area contributed by atoms with Gasteiger partial charge in [0.15, 0.2) is 21.4 Å². The maximum absolute atomic E-state index is 12.7. The van der Waals surface area contributed by atoms with E-state index in [1.807, 2.05) is 27.7 Å². The van der Waals surface area contributed by atoms with Crippen LogP contribution < -0.4 is 9.64 Å². The summed E-state index contributed by atoms with van der Waals surface area (Å²) in [5.74, 6) is 0.389. The van der Waals surface area contributed by atoms with Gasteiger partial charge in [0.25, 0.3) is 0 Å². The normalized spacial score (nSPS) is 11.9. The van der Waals surface area contributed by atoms with Crippen molar-refractivity contribution in [2.75, 3.05) is 18.6 Å². The van der Waals surface area contributed by atoms with Crippen molar-refractivity contribution in [2.24, 2.45) is 5.41 Å². The number of methoxy groups -OCH3 is 1. The van der Waals surface area contributed by atoms with Crippen molar-refractivity contribution < 1.29 is 17.9 Å². The van der Waals surface area contributed by atoms with E-state index < -0.39 is 15.3 Å². The highest BCUT2D eigenvalue weighted by atomic mass is 35.5. The van der Waals surface area contributed by atoms with E-state index in [-0.39, 0.29) is 16.6 Å². The second kappa shape index (κ2) is 8.49. The number of benzene rings is 1. The summed E-state index contributed by atoms with van der Waals surface area (Å²) in [5, 5.41) is 0.467. The van der Waals surface area contributed by atoms with Gasteiger partial charge in [0, 0.05) is 23.2 Å². The Labute approximate surface area is 171 Å². The number of carbonyl (C=O) groups is 1. The molecule has 2 aromatic rings. The molecule has 1 amide bonds. The molecule has 2 rings (SSSR count). The fraction of sp³-hybridized carbons (Fsp3) is 0.400. The quantitative estimate of drug-likeness (QED) is 0.697. The zero-order chi connectivity index (χ0) is 21.1. The number of anilines is 1. The lowest BCUT2D eigenvalue weighted by molar-refractivity contribution is -0.125. The van der Waals surface area contributed by atoms with Crippen LogP contribution in [-0.2, 0) is 20.4 Å². The van der Waals surface area contributed by atoms with E-state index in [0.717, 1.165) is 0 Å². The van der Waals surface area contributed by atoms with Crippen LogP contribution in [-0.4, -0.2) is 33.0 Å². The zero-order valence-electron chi connectivity index (χ0n) is 16.7. The SMILES string of the molecule is CCN(C(=O)C(C)(C)C)c1ncc(CS(=O)(=O)c2ccc(Cl)cc2)cc1OC. The first kappa shape index (κ1) is 22.2. The van der Waals surface area contributed by atoms with Gasteiger partial charge >= 0.3 is 0 Å². The lowest BCUT2D eigenvalue weighted by atomic mass is 9.94. The summed E-state index contributed by atoms with van der Waals surface area (Å²) < 4.78 is 30.7. The van der Waals surface area contributed by atoms with E-state index in [1.54, 1.807) is 6.07 Å². The molecular weight excluding hydrogens is 400 g/mol. The van der Waals surface area contributed by atoms with Crippen molar-refractivity contribution in [3.63, 3.8) is 0 Å². The van der Waals surface area contributed by atoms with Crippen LogP contribution in [0.4, 0.5) is 5.82 Å². The minimum absolute atomic E-state index is 0.0951. The summed E-state index contributed by atoms with van der Waals surface area (Å²) in [4.78, 5) is 18.8. The van der Waals surface area contributed by atoms with Gasteiger partial charge in [-0.25, -0.2) is 13.4 Å². The van der Waals surface area contributed by atoms with Crippen LogP contribution in [0.25, 0.3) is 0 Å². The number of nitrogens with zero attached hydrogens (tertiary/aromatic N) is 2. The van der Waals surface area contributed by atoms with E-state index in [0.29, 0.717) is 28.7 Å². The fourth-order valence-corrected chi connectivity index (χ4v) is 4.09. The Bertz CT molecular complexity index is 951. The van der Waals surface area contributed by atoms with Crippen molar-refractivity contribution in [2.45, 2.75) is 38.3 Å². The van der Waals surface area contributed by atoms with E-state index >= 15 is 0 Å². The number of amides is 1. The van der Waals surface area contributed by atoms with Gasteiger partial charge in [-0.2, -0.15) is 0 Å². The Kier molecular flexibility index (Phi) is 6.72. The zero-order valence-corrected chi connectivity index (χ0v) is 18.3. The summed E-state index contributed by atoms with van der Waals surface area (Å²) in [6, 6.07) is 7.62. The molecule has 0 N–H and O–H groups in total. The second-order valence-corrected chi connectivity index (χ2v) is 9.81. The number of aromatic nitrogens is 1. The molecule has 0 saturated heterocycles. The lowest BCUT2D eigenvalue weighted by Gasteiger charge is -2.28. The van der Waals surface area contributed by atoms with Gasteiger partial charge in [0.1, 0.15) is 0 Å². The highest BCUT2D eigenvalue weighted by molar-refractivity contribution is 7.90. The van der Waals surface area contributed by atoms with Crippen molar-refractivity contribution in [1.82, 2.24) is 4.98 Å². The molecule has 0 aliphatic heterocycles. The monoisotopic (exact) mass is 424 g/mol. The molecule has 0 fully saturated rings. The summed E-state index contributed by atoms with van der Waals surface area (Å²) >= 11 is 5.83. The Hall–Kier alpha value is -2.12. The minimum atomic E-state index is -3.57. The maximum Gasteiger partial charge on any atom is 0.233 e. The Morgan fingerprint density at radius 3 is 2.32 bits per heavy atom. The Balaban J connectivity index is 2.37. The third kappa shape index (κ3) is 5.02. The first-order chi connectivity index (χ1) is 13.0. The Morgan fingerprint density at radius 1 is 1.21 bits per heavy atom. The average Bonchev–Trinajstić information content (AvgIpc) is 2.62. The molecule has 0 spiro atoms. The third-order valence-corrected chi connectivity index (χ3v) is 6.05. The average molecular weight is 425 g/mol. The molecule has 152 valence electrons. The molecule has 0 bridgehead atoms. The maximum atomic E-state index is 12.7. The number of halogens is 1. The van der Waals surface area contributed by atoms with Crippen molar-refractivity contribution in [3.8, 4) is 5.75 Å². The van der Waals surface area contributed by atoms with Gasteiger partial charge in [-0.1, -0.05) is 32.4 Å². The highest BCUT2D eigenvalue weighted by Crippen LogP contribution is 2.31. The molecule has 6 nitrogen and oxygen atoms in total. The second-order valence-electron chi connectivity index (χ2n) is 7.38. The van der Waals surface area contributed by atoms with Crippen molar-refractivity contribution in [3.05, 3.63) is 47.1 Å². The summed E-state index contributed by atoms with van der Waals surface area (Å²) in [6.07, 6.45) is 1.46. The van der Waals surface area contributed by atoms with Crippen LogP contribution in [0.5, 0.6) is 5.75 Å². The molecule has 0 saturated carbocycles. The summed E-state index contributed by atoms with van der Waals surface area (Å²) in [7, 11) is -2.10. The van der Waals surface area contributed by atoms with Crippen molar-refractivity contribution >= 4 is 33.2 Å². The smallest absolute Gasteiger partial charge is 0.233 e. The standard InChI is InChI=1S/C20H25ClN2O4S/c1-6-23(19(24)20(2,3)4)18-17(27-5)11-14(12-22-18)13-28(25,26)16-9-7-15(21)8-10-16/h7-12H,6,13H2,1-5H3. The third-order valence-electron chi connectivity index (χ3n) is 4.10. The number of sulfone groups is 1. The predicted molar refractivity (Wildman–Crippen MR) is 111 cm³/mol. The predicted octanol–water partition coefficient (Wildman–Crippen LogP) is 4.12. The number of hydrogen-bond donors (Lipinski definition) is 0. The molecule has 1 aromatic carbocycles. The molecule has 0 radical (unpaired) electrons. The minimum Gasteiger partial charge on any atom is -0.493 e. The van der Waals surface area contributed by atoms with Crippen LogP contribution in [0.3, 0.4) is 0 Å². The Morgan fingerprint density at radius 2 is 1.82 bits per heavy atom. The summed E-state index contributed by atoms with van der Waals surface area (Å²) in [6.45, 7) is 7.76. The highest BCUT2D eigenvalue weighted by Gasteiger charge is 2.30. The van der Waals surface area contributed by atoms with Gasteiger partial charge in [-0.3, -0.25) is 9.69 Å². The molecule has 0 unspecified atom stereocenters. The van der Waals surface area contributed by atoms with Crippen LogP contribution in [0.15, 0.2) is 41.4 Å². The molecule has 28 heavy (non-hydrogen) atoms. The van der Waals surface area contributed by atoms with E-state index in [1.165, 1.54) is 42.5 Å². The molecular formula is C20H25ClN2O4S. The topological polar surface area (TPSA) is 76.6 Å². The van der Waals surface area contributed by atoms with E-state index in [2.05, 4.69) is 4.98 Å². The largest absolute Gasteiger partial charge is 0.493 e. The number of hydrogen-bond acceptors (Lipinski definition) is 5. The van der Waals surface area contributed by atoms with Crippen LogP contribution in [0, 0.1) is 5.41 Å². The summed E-state index contributed by atoms with van der Waals surface area (Å²) in [5.41, 5.74) is -0.117. The molecule has 0 atom stereocenters. The fourth-order valence-electron chi connectivity index (χ4n) is 2.65. The van der Waals surface area contributed by atoms with Crippen LogP contribution in [0.1, 0.15) is 33.3 Å². The molecule has 8 heteroatoms. The van der Waals surface area contributed by atoms with E-state index in [9.17, 15) is 13.2 Å². The van der Waals surface area contributed by atoms with Crippen molar-refractivity contribution in [1.29, 1.82) is 0 Å². The van der Waals surface area contributed by atoms with Gasteiger partial charge in [-0.15, -0.1) is 0 Å². The first-order valence-electron chi connectivity index (χ1n) is 8.82. The molecule has 0 aliphatic rings. The van der Waals surface area contributed by atoms with Crippen LogP contribution in [0.2, 0.25) is 5.02 Å². The number of ether oxygens (including phenoxy) is 1.